The van der Waals surface area contributed by atoms with Crippen LogP contribution in [0, 0.1) is 11.8 Å². The molecule has 3 aliphatic carbocycles. The number of amides is 1. The van der Waals surface area contributed by atoms with Gasteiger partial charge in [-0.05, 0) is 23.3 Å². The van der Waals surface area contributed by atoms with E-state index in [1.807, 2.05) is 20.8 Å². The van der Waals surface area contributed by atoms with E-state index in [1.165, 1.54) is 0 Å². The summed E-state index contributed by atoms with van der Waals surface area (Å²) in [5, 5.41) is 55.8. The molecule has 1 fully saturated rings. The number of phenols is 1. The third-order valence-electron chi connectivity index (χ3n) is 8.10. The van der Waals surface area contributed by atoms with E-state index < -0.39 is 75.9 Å². The topological polar surface area (TPSA) is 178 Å². The number of Topliss-reactive ketones (excluding diaryl/α,β-unsaturated/α-hetero) is 2. The van der Waals surface area contributed by atoms with Crippen LogP contribution in [-0.2, 0) is 19.8 Å². The summed E-state index contributed by atoms with van der Waals surface area (Å²) >= 11 is 0. The van der Waals surface area contributed by atoms with E-state index in [2.05, 4.69) is 0 Å². The Bertz CT molecular complexity index is 1230. The van der Waals surface area contributed by atoms with Crippen molar-refractivity contribution in [3.05, 3.63) is 45.7 Å². The molecule has 9 nitrogen and oxygen atoms in total. The summed E-state index contributed by atoms with van der Waals surface area (Å²) in [5.41, 5.74) is 1.74. The first kappa shape index (κ1) is 24.9. The zero-order valence-corrected chi connectivity index (χ0v) is 20.1. The smallest absolute Gasteiger partial charge is 0.255 e. The Kier molecular flexibility index (Phi) is 5.65. The molecule has 9 heteroatoms. The summed E-state index contributed by atoms with van der Waals surface area (Å²) in [7, 11) is 0. The van der Waals surface area contributed by atoms with Crippen LogP contribution in [0.25, 0.3) is 5.76 Å². The number of fused-ring (bicyclic) bond motifs is 3. The number of primary amides is 1. The molecule has 35 heavy (non-hydrogen) atoms. The zero-order valence-electron chi connectivity index (χ0n) is 20.1. The molecule has 1 aromatic rings. The number of aliphatic hydroxyl groups excluding tert-OH is 3. The van der Waals surface area contributed by atoms with Crippen molar-refractivity contribution in [3.63, 3.8) is 0 Å². The highest BCUT2D eigenvalue weighted by molar-refractivity contribution is 6.23. The number of hydrogen-bond acceptors (Lipinski definition) is 8. The molecule has 4 rings (SSSR count). The Balaban J connectivity index is 1.99. The summed E-state index contributed by atoms with van der Waals surface area (Å²) in [6, 6.07) is 3.51. The van der Waals surface area contributed by atoms with Gasteiger partial charge in [0.2, 0.25) is 5.78 Å². The van der Waals surface area contributed by atoms with Crippen LogP contribution in [0.3, 0.4) is 0 Å². The molecule has 0 aromatic heterocycles. The first-order chi connectivity index (χ1) is 16.2. The van der Waals surface area contributed by atoms with E-state index in [4.69, 9.17) is 5.73 Å². The van der Waals surface area contributed by atoms with E-state index in [9.17, 15) is 39.9 Å². The summed E-state index contributed by atoms with van der Waals surface area (Å²) in [6.07, 6.45) is -0.528. The van der Waals surface area contributed by atoms with Crippen LogP contribution < -0.4 is 5.73 Å². The largest absolute Gasteiger partial charge is 0.508 e. The van der Waals surface area contributed by atoms with Crippen LogP contribution in [0.1, 0.15) is 69.6 Å². The normalized spacial score (nSPS) is 30.7. The molecule has 0 heterocycles. The van der Waals surface area contributed by atoms with Crippen LogP contribution >= 0.6 is 0 Å². The number of phenolic OH excluding ortho intramolecular Hbond substituents is 1. The molecule has 1 aromatic carbocycles. The van der Waals surface area contributed by atoms with Gasteiger partial charge in [-0.1, -0.05) is 46.2 Å². The predicted octanol–water partition coefficient (Wildman–Crippen LogP) is 2.03. The average Bonchev–Trinajstić information content (AvgIpc) is 2.76. The number of ketones is 2. The monoisotopic (exact) mass is 485 g/mol. The van der Waals surface area contributed by atoms with Crippen LogP contribution in [0.15, 0.2) is 29.0 Å². The van der Waals surface area contributed by atoms with Gasteiger partial charge in [0.1, 0.15) is 22.8 Å². The molecule has 0 bridgehead atoms. The highest BCUT2D eigenvalue weighted by atomic mass is 16.4. The molecule has 0 unspecified atom stereocenters. The van der Waals surface area contributed by atoms with Gasteiger partial charge in [0.25, 0.3) is 5.91 Å². The highest BCUT2D eigenvalue weighted by Crippen LogP contribution is 2.56. The average molecular weight is 486 g/mol. The van der Waals surface area contributed by atoms with Crippen LogP contribution in [0.5, 0.6) is 5.75 Å². The fourth-order valence-electron chi connectivity index (χ4n) is 6.30. The van der Waals surface area contributed by atoms with Gasteiger partial charge in [0.05, 0.1) is 11.7 Å². The molecule has 7 N–H and O–H groups in total. The standard InChI is InChI=1S/C26H31NO8/c1-5-8-25(3,4)12-7-6-11-10(2)15-18(21(31)16(11)19(12)29)23(33)26(35)13(20(15)30)9-14(28)17(22(26)32)24(27)34/h6-7,10,13,15,20,29-32,35H,5,8-9H2,1-4H3,(H2,27,34)/t10-,13+,15+,20+,26+/m0/s1. The number of aromatic hydroxyl groups is 1. The second-order valence-electron chi connectivity index (χ2n) is 10.5. The molecule has 5 atom stereocenters. The van der Waals surface area contributed by atoms with E-state index in [0.717, 1.165) is 12.8 Å². The van der Waals surface area contributed by atoms with Crippen LogP contribution in [0.4, 0.5) is 0 Å². The molecule has 1 amide bonds. The maximum absolute atomic E-state index is 13.7. The minimum absolute atomic E-state index is 0.0264. The van der Waals surface area contributed by atoms with E-state index >= 15 is 0 Å². The van der Waals surface area contributed by atoms with Crippen molar-refractivity contribution in [2.75, 3.05) is 0 Å². The number of aliphatic hydroxyl groups is 4. The van der Waals surface area contributed by atoms with E-state index in [-0.39, 0.29) is 16.9 Å². The lowest BCUT2D eigenvalue weighted by molar-refractivity contribution is -0.160. The number of benzene rings is 1. The Morgan fingerprint density at radius 1 is 1.20 bits per heavy atom. The maximum atomic E-state index is 13.7. The third kappa shape index (κ3) is 3.18. The molecule has 0 spiro atoms. The summed E-state index contributed by atoms with van der Waals surface area (Å²) < 4.78 is 0. The molecule has 0 radical (unpaired) electrons. The first-order valence-electron chi connectivity index (χ1n) is 11.7. The maximum Gasteiger partial charge on any atom is 0.255 e. The second kappa shape index (κ2) is 7.93. The van der Waals surface area contributed by atoms with Crippen LogP contribution in [-0.4, -0.2) is 54.7 Å². The van der Waals surface area contributed by atoms with Crippen molar-refractivity contribution >= 4 is 23.2 Å². The lowest BCUT2D eigenvalue weighted by atomic mass is 9.55. The number of carbonyl (C=O) groups excluding carboxylic acids is 3. The van der Waals surface area contributed by atoms with Gasteiger partial charge in [0, 0.05) is 29.4 Å². The molecule has 188 valence electrons. The number of carbonyl (C=O) groups is 3. The minimum Gasteiger partial charge on any atom is -0.508 e. The number of rotatable bonds is 4. The number of nitrogens with two attached hydrogens (primary N) is 1. The number of hydrogen-bond donors (Lipinski definition) is 6. The van der Waals surface area contributed by atoms with Gasteiger partial charge >= 0.3 is 0 Å². The molecular formula is C26H31NO8. The van der Waals surface area contributed by atoms with Gasteiger partial charge in [0.15, 0.2) is 11.4 Å². The third-order valence-corrected chi connectivity index (χ3v) is 8.10. The second-order valence-corrected chi connectivity index (χ2v) is 10.5. The quantitative estimate of drug-likeness (QED) is 0.351. The van der Waals surface area contributed by atoms with E-state index in [1.54, 1.807) is 19.1 Å². The Hall–Kier alpha value is -3.17. The van der Waals surface area contributed by atoms with Gasteiger partial charge in [-0.25, -0.2) is 0 Å². The fourth-order valence-corrected chi connectivity index (χ4v) is 6.30. The molecule has 1 saturated carbocycles. The minimum atomic E-state index is -2.83. The Morgan fingerprint density at radius 2 is 1.83 bits per heavy atom. The van der Waals surface area contributed by atoms with Gasteiger partial charge in [-0.2, -0.15) is 0 Å². The van der Waals surface area contributed by atoms with Gasteiger partial charge < -0.3 is 31.3 Å². The molecule has 0 aliphatic heterocycles. The SMILES string of the molecule is CCCC(C)(C)c1ccc2c(c1O)C(O)=C1C(=O)[C@]3(O)C(O)=C(C(N)=O)C(=O)C[C@@H]3[C@@H](O)[C@@H]1[C@H]2C. The highest BCUT2D eigenvalue weighted by Gasteiger charge is 2.64. The summed E-state index contributed by atoms with van der Waals surface area (Å²) in [4.78, 5) is 37.9. The van der Waals surface area contributed by atoms with E-state index in [0.29, 0.717) is 11.1 Å². The zero-order chi connectivity index (χ0) is 26.2. The molecule has 0 saturated heterocycles. The lowest BCUT2D eigenvalue weighted by Gasteiger charge is -2.50. The van der Waals surface area contributed by atoms with Crippen molar-refractivity contribution in [1.82, 2.24) is 0 Å². The summed E-state index contributed by atoms with van der Waals surface area (Å²) in [5.74, 6) is -8.46. The van der Waals surface area contributed by atoms with Crippen molar-refractivity contribution in [2.24, 2.45) is 17.6 Å². The van der Waals surface area contributed by atoms with Crippen molar-refractivity contribution in [2.45, 2.75) is 70.0 Å². The predicted molar refractivity (Wildman–Crippen MR) is 125 cm³/mol. The fraction of sp³-hybridized carbons (Fsp3) is 0.500. The first-order valence-corrected chi connectivity index (χ1v) is 11.7. The lowest BCUT2D eigenvalue weighted by Crippen LogP contribution is -2.63. The van der Waals surface area contributed by atoms with Crippen molar-refractivity contribution in [1.29, 1.82) is 0 Å². The molecule has 3 aliphatic rings. The molecular weight excluding hydrogens is 454 g/mol. The Labute approximate surface area is 202 Å². The van der Waals surface area contributed by atoms with Crippen molar-refractivity contribution < 1.29 is 39.9 Å². The van der Waals surface area contributed by atoms with Crippen molar-refractivity contribution in [3.8, 4) is 5.75 Å². The Morgan fingerprint density at radius 3 is 2.40 bits per heavy atom. The van der Waals surface area contributed by atoms with Gasteiger partial charge in [-0.15, -0.1) is 0 Å². The van der Waals surface area contributed by atoms with Crippen LogP contribution in [0.2, 0.25) is 0 Å². The summed E-state index contributed by atoms with van der Waals surface area (Å²) in [6.45, 7) is 7.63. The van der Waals surface area contributed by atoms with Gasteiger partial charge in [-0.3, -0.25) is 14.4 Å².